The fraction of sp³-hybridized carbons (Fsp3) is 1.00. The molecule has 0 amide bonds. The van der Waals surface area contributed by atoms with Crippen molar-refractivity contribution in [1.29, 1.82) is 0 Å². The molecule has 90 valence electrons. The fourth-order valence-corrected chi connectivity index (χ4v) is 3.27. The van der Waals surface area contributed by atoms with Crippen molar-refractivity contribution in [3.63, 3.8) is 0 Å². The van der Waals surface area contributed by atoms with E-state index in [0.717, 1.165) is 17.0 Å². The van der Waals surface area contributed by atoms with Gasteiger partial charge >= 0.3 is 0 Å². The van der Waals surface area contributed by atoms with Gasteiger partial charge in [-0.25, -0.2) is 0 Å². The van der Waals surface area contributed by atoms with Crippen molar-refractivity contribution in [1.82, 2.24) is 0 Å². The maximum absolute atomic E-state index is 2.96. The summed E-state index contributed by atoms with van der Waals surface area (Å²) >= 11 is 0. The highest BCUT2D eigenvalue weighted by Crippen LogP contribution is 2.46. The third-order valence-electron chi connectivity index (χ3n) is 4.47. The lowest BCUT2D eigenvalue weighted by Gasteiger charge is -2.30. The lowest BCUT2D eigenvalue weighted by atomic mass is 9.76. The lowest BCUT2D eigenvalue weighted by Crippen LogP contribution is -2.19. The second kappa shape index (κ2) is 6.24. The number of rotatable bonds is 6. The molecule has 3 atom stereocenters. The maximum Gasteiger partial charge on any atom is -0.0267 e. The van der Waals surface area contributed by atoms with E-state index in [1.165, 1.54) is 51.4 Å². The Morgan fingerprint density at radius 2 is 1.73 bits per heavy atom. The van der Waals surface area contributed by atoms with Crippen LogP contribution in [0.3, 0.4) is 0 Å². The average Bonchev–Trinajstić information content (AvgIpc) is 2.64. The zero-order chi connectivity index (χ0) is 11.3. The first kappa shape index (κ1) is 13.5. The molecule has 0 aliphatic heterocycles. The van der Waals surface area contributed by atoms with Crippen LogP contribution in [0, 0.1) is 11.3 Å². The Balaban J connectivity index is 2.38. The maximum atomic E-state index is 2.96. The SMILES string of the molecule is CCCC1(CCC(C)C(C)P)CCCC1. The molecule has 0 aromatic rings. The first-order chi connectivity index (χ1) is 7.09. The minimum Gasteiger partial charge on any atom is -0.134 e. The fourth-order valence-electron chi connectivity index (χ4n) is 3.08. The van der Waals surface area contributed by atoms with E-state index in [2.05, 4.69) is 30.0 Å². The van der Waals surface area contributed by atoms with E-state index in [1.54, 1.807) is 0 Å². The van der Waals surface area contributed by atoms with E-state index >= 15 is 0 Å². The van der Waals surface area contributed by atoms with Gasteiger partial charge in [-0.15, -0.1) is 9.24 Å². The lowest BCUT2D eigenvalue weighted by molar-refractivity contribution is 0.224. The molecular weight excluding hydrogens is 199 g/mol. The number of hydrogen-bond donors (Lipinski definition) is 0. The molecule has 0 bridgehead atoms. The van der Waals surface area contributed by atoms with Gasteiger partial charge in [0.05, 0.1) is 0 Å². The van der Waals surface area contributed by atoms with Crippen molar-refractivity contribution in [2.75, 3.05) is 0 Å². The highest BCUT2D eigenvalue weighted by atomic mass is 31.0. The summed E-state index contributed by atoms with van der Waals surface area (Å²) in [4.78, 5) is 0. The van der Waals surface area contributed by atoms with Crippen LogP contribution < -0.4 is 0 Å². The van der Waals surface area contributed by atoms with E-state index in [0.29, 0.717) is 0 Å². The summed E-state index contributed by atoms with van der Waals surface area (Å²) in [5, 5.41) is 0. The Morgan fingerprint density at radius 1 is 1.13 bits per heavy atom. The van der Waals surface area contributed by atoms with Gasteiger partial charge in [-0.1, -0.05) is 40.0 Å². The molecule has 1 aliphatic rings. The summed E-state index contributed by atoms with van der Waals surface area (Å²) in [5.74, 6) is 0.879. The smallest absolute Gasteiger partial charge is 0.0267 e. The summed E-state index contributed by atoms with van der Waals surface area (Å²) in [6.45, 7) is 7.09. The molecular formula is C14H29P. The third kappa shape index (κ3) is 4.06. The predicted octanol–water partition coefficient (Wildman–Crippen LogP) is 5.03. The summed E-state index contributed by atoms with van der Waals surface area (Å²) in [7, 11) is 2.96. The van der Waals surface area contributed by atoms with E-state index in [1.807, 2.05) is 0 Å². The van der Waals surface area contributed by atoms with Crippen molar-refractivity contribution in [2.45, 2.75) is 77.8 Å². The highest BCUT2D eigenvalue weighted by molar-refractivity contribution is 7.17. The van der Waals surface area contributed by atoms with Crippen LogP contribution in [-0.2, 0) is 0 Å². The largest absolute Gasteiger partial charge is 0.134 e. The molecule has 1 aliphatic carbocycles. The van der Waals surface area contributed by atoms with E-state index in [4.69, 9.17) is 0 Å². The van der Waals surface area contributed by atoms with Crippen LogP contribution >= 0.6 is 9.24 Å². The summed E-state index contributed by atoms with van der Waals surface area (Å²) in [5.41, 5.74) is 1.54. The van der Waals surface area contributed by atoms with Gasteiger partial charge in [0.2, 0.25) is 0 Å². The molecule has 0 N–H and O–H groups in total. The van der Waals surface area contributed by atoms with Gasteiger partial charge in [-0.3, -0.25) is 0 Å². The summed E-state index contributed by atoms with van der Waals surface area (Å²) < 4.78 is 0. The zero-order valence-electron chi connectivity index (χ0n) is 10.9. The van der Waals surface area contributed by atoms with Gasteiger partial charge < -0.3 is 0 Å². The van der Waals surface area contributed by atoms with Crippen molar-refractivity contribution in [2.24, 2.45) is 11.3 Å². The minimum atomic E-state index is 0.753. The Labute approximate surface area is 98.8 Å². The van der Waals surface area contributed by atoms with Gasteiger partial charge in [0.15, 0.2) is 0 Å². The molecule has 1 rings (SSSR count). The molecule has 0 nitrogen and oxygen atoms in total. The Hall–Kier alpha value is 0.430. The average molecular weight is 228 g/mol. The third-order valence-corrected chi connectivity index (χ3v) is 5.13. The van der Waals surface area contributed by atoms with Crippen molar-refractivity contribution >= 4 is 9.24 Å². The highest BCUT2D eigenvalue weighted by Gasteiger charge is 2.32. The molecule has 0 saturated heterocycles. The van der Waals surface area contributed by atoms with E-state index < -0.39 is 0 Å². The van der Waals surface area contributed by atoms with Gasteiger partial charge in [0.1, 0.15) is 0 Å². The van der Waals surface area contributed by atoms with E-state index in [9.17, 15) is 0 Å². The van der Waals surface area contributed by atoms with Crippen LogP contribution in [0.25, 0.3) is 0 Å². The Morgan fingerprint density at radius 3 is 2.20 bits per heavy atom. The molecule has 0 heterocycles. The van der Waals surface area contributed by atoms with Crippen LogP contribution in [0.15, 0.2) is 0 Å². The topological polar surface area (TPSA) is 0 Å². The molecule has 1 saturated carbocycles. The van der Waals surface area contributed by atoms with Crippen LogP contribution in [0.2, 0.25) is 0 Å². The van der Waals surface area contributed by atoms with Crippen LogP contribution in [0.4, 0.5) is 0 Å². The molecule has 1 fully saturated rings. The Kier molecular flexibility index (Phi) is 5.61. The molecule has 0 radical (unpaired) electrons. The first-order valence-corrected chi connectivity index (χ1v) is 7.52. The van der Waals surface area contributed by atoms with Gasteiger partial charge in [-0.05, 0) is 49.1 Å². The normalized spacial score (nSPS) is 24.0. The van der Waals surface area contributed by atoms with E-state index in [-0.39, 0.29) is 0 Å². The predicted molar refractivity (Wildman–Crippen MR) is 73.4 cm³/mol. The summed E-state index contributed by atoms with van der Waals surface area (Å²) in [6, 6.07) is 0. The van der Waals surface area contributed by atoms with Gasteiger partial charge in [0, 0.05) is 0 Å². The standard InChI is InChI=1S/C14H29P/c1-4-8-14(9-5-6-10-14)11-7-12(2)13(3)15/h12-13H,4-11,15H2,1-3H3. The molecule has 0 aromatic carbocycles. The second-order valence-corrected chi connectivity index (χ2v) is 6.88. The van der Waals surface area contributed by atoms with Crippen LogP contribution in [0.1, 0.15) is 72.1 Å². The Bertz CT molecular complexity index is 168. The molecule has 3 unspecified atom stereocenters. The van der Waals surface area contributed by atoms with Crippen LogP contribution in [0.5, 0.6) is 0 Å². The van der Waals surface area contributed by atoms with Crippen LogP contribution in [-0.4, -0.2) is 5.66 Å². The van der Waals surface area contributed by atoms with Crippen molar-refractivity contribution in [3.8, 4) is 0 Å². The molecule has 0 spiro atoms. The second-order valence-electron chi connectivity index (χ2n) is 5.83. The summed E-state index contributed by atoms with van der Waals surface area (Å²) in [6.07, 6.45) is 11.8. The van der Waals surface area contributed by atoms with Gasteiger partial charge in [-0.2, -0.15) is 0 Å². The molecule has 1 heteroatoms. The van der Waals surface area contributed by atoms with Gasteiger partial charge in [0.25, 0.3) is 0 Å². The number of hydrogen-bond acceptors (Lipinski definition) is 0. The molecule has 15 heavy (non-hydrogen) atoms. The van der Waals surface area contributed by atoms with Crippen molar-refractivity contribution < 1.29 is 0 Å². The minimum absolute atomic E-state index is 0.753. The molecule has 0 aromatic heterocycles. The first-order valence-electron chi connectivity index (χ1n) is 6.85. The quantitative estimate of drug-likeness (QED) is 0.559. The zero-order valence-corrected chi connectivity index (χ0v) is 12.0. The van der Waals surface area contributed by atoms with Crippen molar-refractivity contribution in [3.05, 3.63) is 0 Å². The monoisotopic (exact) mass is 228 g/mol.